The molecule has 0 saturated heterocycles. The number of benzene rings is 2. The second-order valence-corrected chi connectivity index (χ2v) is 6.88. The maximum Gasteiger partial charge on any atom is 0.328 e. The lowest BCUT2D eigenvalue weighted by Gasteiger charge is -2.13. The third-order valence-corrected chi connectivity index (χ3v) is 4.37. The van der Waals surface area contributed by atoms with Crippen molar-refractivity contribution in [2.24, 2.45) is 0 Å². The minimum Gasteiger partial charge on any atom is -0.497 e. The van der Waals surface area contributed by atoms with Crippen molar-refractivity contribution >= 4 is 23.7 Å². The van der Waals surface area contributed by atoms with Crippen LogP contribution in [-0.2, 0) is 22.6 Å². The quantitative estimate of drug-likeness (QED) is 0.194. The lowest BCUT2D eigenvalue weighted by molar-refractivity contribution is -0.134. The molecule has 0 aliphatic heterocycles. The number of nitrogens with zero attached hydrogens (tertiary/aromatic N) is 1. The van der Waals surface area contributed by atoms with E-state index >= 15 is 0 Å². The van der Waals surface area contributed by atoms with E-state index in [9.17, 15) is 9.59 Å². The van der Waals surface area contributed by atoms with Gasteiger partial charge < -0.3 is 25.6 Å². The van der Waals surface area contributed by atoms with Gasteiger partial charge >= 0.3 is 11.9 Å². The van der Waals surface area contributed by atoms with Gasteiger partial charge in [-0.3, -0.25) is 5.41 Å². The average Bonchev–Trinajstić information content (AvgIpc) is 2.84. The van der Waals surface area contributed by atoms with Crippen molar-refractivity contribution in [3.8, 4) is 5.75 Å². The molecule has 0 amide bonds. The van der Waals surface area contributed by atoms with E-state index in [1.54, 1.807) is 13.3 Å². The highest BCUT2D eigenvalue weighted by molar-refractivity contribution is 5.91. The van der Waals surface area contributed by atoms with Crippen molar-refractivity contribution in [1.29, 1.82) is 5.41 Å². The molecule has 176 valence electrons. The van der Waals surface area contributed by atoms with E-state index in [0.29, 0.717) is 24.5 Å². The summed E-state index contributed by atoms with van der Waals surface area (Å²) in [6.07, 6.45) is 3.57. The molecule has 0 radical (unpaired) electrons. The smallest absolute Gasteiger partial charge is 0.328 e. The zero-order valence-electron chi connectivity index (χ0n) is 18.6. The van der Waals surface area contributed by atoms with Crippen LogP contribution >= 0.6 is 0 Å². The zero-order valence-corrected chi connectivity index (χ0v) is 18.6. The van der Waals surface area contributed by atoms with Crippen LogP contribution in [-0.4, -0.2) is 40.2 Å². The first-order chi connectivity index (χ1) is 16.4. The van der Waals surface area contributed by atoms with Crippen LogP contribution in [0.4, 0.5) is 5.82 Å². The number of anilines is 1. The number of aliphatic carboxylic acids is 2. The van der Waals surface area contributed by atoms with E-state index in [4.69, 9.17) is 20.4 Å². The lowest BCUT2D eigenvalue weighted by atomic mass is 10.1. The van der Waals surface area contributed by atoms with E-state index in [1.807, 2.05) is 66.7 Å². The van der Waals surface area contributed by atoms with Crippen LogP contribution in [0.5, 0.6) is 5.75 Å². The van der Waals surface area contributed by atoms with E-state index in [2.05, 4.69) is 15.6 Å². The van der Waals surface area contributed by atoms with Crippen LogP contribution in [0.3, 0.4) is 0 Å². The van der Waals surface area contributed by atoms with Crippen molar-refractivity contribution in [3.63, 3.8) is 0 Å². The molecule has 0 bridgehead atoms. The minimum atomic E-state index is -1.26. The molecular formula is C25H26N4O5. The molecule has 0 spiro atoms. The van der Waals surface area contributed by atoms with Crippen LogP contribution in [0.25, 0.3) is 0 Å². The summed E-state index contributed by atoms with van der Waals surface area (Å²) in [6.45, 7) is 0.591. The fraction of sp³-hybridized carbons (Fsp3) is 0.120. The molecule has 1 heterocycles. The van der Waals surface area contributed by atoms with Gasteiger partial charge in [0.2, 0.25) is 0 Å². The Morgan fingerprint density at radius 3 is 2.18 bits per heavy atom. The Morgan fingerprint density at radius 1 is 0.941 bits per heavy atom. The van der Waals surface area contributed by atoms with E-state index < -0.39 is 11.9 Å². The number of nitrogens with one attached hydrogen (secondary N) is 3. The highest BCUT2D eigenvalue weighted by Gasteiger charge is 2.07. The average molecular weight is 463 g/mol. The summed E-state index contributed by atoms with van der Waals surface area (Å²) in [7, 11) is 1.66. The van der Waals surface area contributed by atoms with Crippen molar-refractivity contribution < 1.29 is 24.5 Å². The van der Waals surface area contributed by atoms with Gasteiger partial charge in [0.15, 0.2) is 5.96 Å². The number of pyridine rings is 1. The predicted octanol–water partition coefficient (Wildman–Crippen LogP) is 3.53. The summed E-state index contributed by atoms with van der Waals surface area (Å²) in [4.78, 5) is 23.5. The normalized spacial score (nSPS) is 10.0. The first-order valence-electron chi connectivity index (χ1n) is 10.2. The van der Waals surface area contributed by atoms with Gasteiger partial charge in [-0.05, 0) is 34.9 Å². The van der Waals surface area contributed by atoms with Gasteiger partial charge in [0, 0.05) is 31.3 Å². The summed E-state index contributed by atoms with van der Waals surface area (Å²) in [6, 6.07) is 21.9. The van der Waals surface area contributed by atoms with Crippen LogP contribution in [0.1, 0.15) is 16.7 Å². The van der Waals surface area contributed by atoms with E-state index in [0.717, 1.165) is 28.9 Å². The zero-order chi connectivity index (χ0) is 24.8. The number of methoxy groups -OCH3 is 1. The standard InChI is InChI=1S/C21H22N4O.C4H4O4/c1-26-19-11-9-16(10-12-19)14-18-8-5-13-23-20(18)25-21(22)24-15-17-6-3-2-4-7-17;5-3(6)1-2-4(7)8/h2-13H,14-15H2,1H3,(H3,22,23,24,25);1-2H,(H,5,6)(H,7,8)/b;2-1-. The molecule has 3 aromatic rings. The molecule has 1 aromatic heterocycles. The second-order valence-electron chi connectivity index (χ2n) is 6.88. The Bertz CT molecular complexity index is 1100. The van der Waals surface area contributed by atoms with Gasteiger partial charge in [-0.15, -0.1) is 0 Å². The summed E-state index contributed by atoms with van der Waals surface area (Å²) in [5.41, 5.74) is 3.31. The number of aromatic nitrogens is 1. The largest absolute Gasteiger partial charge is 0.497 e. The molecular weight excluding hydrogens is 436 g/mol. The first-order valence-corrected chi connectivity index (χ1v) is 10.2. The second kappa shape index (κ2) is 13.7. The Labute approximate surface area is 197 Å². The Hall–Kier alpha value is -4.66. The molecule has 0 unspecified atom stereocenters. The molecule has 2 aromatic carbocycles. The van der Waals surface area contributed by atoms with Crippen LogP contribution in [0, 0.1) is 5.41 Å². The highest BCUT2D eigenvalue weighted by Crippen LogP contribution is 2.19. The SMILES string of the molecule is COc1ccc(Cc2cccnc2NC(=N)NCc2ccccc2)cc1.O=C(O)/C=C\C(=O)O. The molecule has 5 N–H and O–H groups in total. The molecule has 0 saturated carbocycles. The molecule has 0 aliphatic rings. The van der Waals surface area contributed by atoms with Crippen LogP contribution in [0.15, 0.2) is 85.1 Å². The number of hydrogen-bond acceptors (Lipinski definition) is 5. The van der Waals surface area contributed by atoms with E-state index in [-0.39, 0.29) is 5.96 Å². The number of hydrogen-bond donors (Lipinski definition) is 5. The summed E-state index contributed by atoms with van der Waals surface area (Å²) in [5.74, 6) is -0.762. The maximum atomic E-state index is 9.55. The topological polar surface area (TPSA) is 145 Å². The predicted molar refractivity (Wildman–Crippen MR) is 129 cm³/mol. The fourth-order valence-corrected chi connectivity index (χ4v) is 2.75. The number of carboxylic acids is 2. The van der Waals surface area contributed by atoms with Crippen molar-refractivity contribution in [2.45, 2.75) is 13.0 Å². The number of guanidine groups is 1. The molecule has 3 rings (SSSR count). The minimum absolute atomic E-state index is 0.225. The first kappa shape index (κ1) is 25.6. The van der Waals surface area contributed by atoms with Gasteiger partial charge in [-0.1, -0.05) is 48.5 Å². The van der Waals surface area contributed by atoms with Gasteiger partial charge in [0.05, 0.1) is 7.11 Å². The van der Waals surface area contributed by atoms with Crippen LogP contribution in [0.2, 0.25) is 0 Å². The fourth-order valence-electron chi connectivity index (χ4n) is 2.75. The third kappa shape index (κ3) is 9.65. The van der Waals surface area contributed by atoms with Gasteiger partial charge in [-0.2, -0.15) is 0 Å². The molecule has 34 heavy (non-hydrogen) atoms. The van der Waals surface area contributed by atoms with Crippen molar-refractivity contribution in [3.05, 3.63) is 102 Å². The molecule has 0 fully saturated rings. The molecule has 9 nitrogen and oxygen atoms in total. The number of carboxylic acid groups (broad SMARTS) is 2. The van der Waals surface area contributed by atoms with Crippen molar-refractivity contribution in [2.75, 3.05) is 12.4 Å². The van der Waals surface area contributed by atoms with Crippen molar-refractivity contribution in [1.82, 2.24) is 10.3 Å². The Balaban J connectivity index is 0.000000440. The van der Waals surface area contributed by atoms with Gasteiger partial charge in [-0.25, -0.2) is 14.6 Å². The molecule has 0 aliphatic carbocycles. The van der Waals surface area contributed by atoms with Gasteiger partial charge in [0.1, 0.15) is 11.6 Å². The summed E-state index contributed by atoms with van der Waals surface area (Å²) in [5, 5.41) is 29.9. The third-order valence-electron chi connectivity index (χ3n) is 4.37. The highest BCUT2D eigenvalue weighted by atomic mass is 16.5. The Kier molecular flexibility index (Phi) is 10.3. The van der Waals surface area contributed by atoms with Crippen LogP contribution < -0.4 is 15.4 Å². The Morgan fingerprint density at radius 2 is 1.59 bits per heavy atom. The molecule has 9 heteroatoms. The monoisotopic (exact) mass is 462 g/mol. The lowest BCUT2D eigenvalue weighted by Crippen LogP contribution is -2.29. The van der Waals surface area contributed by atoms with Gasteiger partial charge in [0.25, 0.3) is 0 Å². The van der Waals surface area contributed by atoms with E-state index in [1.165, 1.54) is 0 Å². The summed E-state index contributed by atoms with van der Waals surface area (Å²) < 4.78 is 5.20. The number of carbonyl (C=O) groups is 2. The molecule has 0 atom stereocenters. The number of ether oxygens (including phenoxy) is 1. The maximum absolute atomic E-state index is 9.55. The number of rotatable bonds is 8. The summed E-state index contributed by atoms with van der Waals surface area (Å²) >= 11 is 0.